The molecule has 0 aromatic carbocycles. The number of hydrogen-bond acceptors (Lipinski definition) is 4. The Kier molecular flexibility index (Phi) is 2.65. The minimum Gasteiger partial charge on any atom is -0.342 e. The fourth-order valence-electron chi connectivity index (χ4n) is 3.82. The molecule has 4 heterocycles. The van der Waals surface area contributed by atoms with E-state index in [0.29, 0.717) is 0 Å². The molecule has 0 saturated carbocycles. The van der Waals surface area contributed by atoms with Crippen molar-refractivity contribution in [2.24, 2.45) is 7.05 Å². The second-order valence-electron chi connectivity index (χ2n) is 6.07. The first kappa shape index (κ1) is 12.3. The summed E-state index contributed by atoms with van der Waals surface area (Å²) in [4.78, 5) is 14.9. The largest absolute Gasteiger partial charge is 0.342 e. The predicted molar refractivity (Wildman–Crippen MR) is 71.7 cm³/mol. The molecule has 1 aromatic rings. The van der Waals surface area contributed by atoms with Crippen LogP contribution in [0.25, 0.3) is 0 Å². The SMILES string of the molecule is Cn1cc([C@@H]2CC[C@H]3OC4(CCNCC4)C(=O)N32)cn1. The standard InChI is InChI=1S/C14H20N4O2/c1-17-9-10(8-16-17)11-2-3-12-18(11)13(19)14(20-12)4-6-15-7-5-14/h8-9,11-12,15H,2-7H2,1H3/t11-,12+/m0/s1. The molecule has 1 aromatic heterocycles. The van der Waals surface area contributed by atoms with E-state index < -0.39 is 5.60 Å². The molecule has 3 saturated heterocycles. The van der Waals surface area contributed by atoms with Crippen molar-refractivity contribution in [1.82, 2.24) is 20.0 Å². The number of nitrogens with zero attached hydrogens (tertiary/aromatic N) is 3. The zero-order valence-corrected chi connectivity index (χ0v) is 11.7. The summed E-state index contributed by atoms with van der Waals surface area (Å²) in [6.07, 6.45) is 7.32. The van der Waals surface area contributed by atoms with Gasteiger partial charge in [0.25, 0.3) is 5.91 Å². The molecule has 108 valence electrons. The molecule has 0 unspecified atom stereocenters. The van der Waals surface area contributed by atoms with E-state index in [4.69, 9.17) is 4.74 Å². The topological polar surface area (TPSA) is 59.4 Å². The molecule has 1 amide bonds. The van der Waals surface area contributed by atoms with E-state index in [2.05, 4.69) is 10.4 Å². The van der Waals surface area contributed by atoms with E-state index in [-0.39, 0.29) is 18.2 Å². The van der Waals surface area contributed by atoms with Crippen LogP contribution in [0, 0.1) is 0 Å². The summed E-state index contributed by atoms with van der Waals surface area (Å²) in [5.41, 5.74) is 0.564. The van der Waals surface area contributed by atoms with E-state index in [9.17, 15) is 4.79 Å². The summed E-state index contributed by atoms with van der Waals surface area (Å²) in [5.74, 6) is 0.190. The lowest BCUT2D eigenvalue weighted by atomic mass is 9.91. The van der Waals surface area contributed by atoms with Crippen molar-refractivity contribution in [2.45, 2.75) is 43.6 Å². The first-order valence-electron chi connectivity index (χ1n) is 7.39. The van der Waals surface area contributed by atoms with Gasteiger partial charge in [0, 0.05) is 18.8 Å². The number of aryl methyl sites for hydroxylation is 1. The highest BCUT2D eigenvalue weighted by Crippen LogP contribution is 2.46. The minimum atomic E-state index is -0.559. The highest BCUT2D eigenvalue weighted by atomic mass is 16.6. The lowest BCUT2D eigenvalue weighted by molar-refractivity contribution is -0.140. The number of aromatic nitrogens is 2. The van der Waals surface area contributed by atoms with Crippen LogP contribution in [0.2, 0.25) is 0 Å². The van der Waals surface area contributed by atoms with Crippen LogP contribution in [0.3, 0.4) is 0 Å². The summed E-state index contributed by atoms with van der Waals surface area (Å²) in [6.45, 7) is 1.73. The fourth-order valence-corrected chi connectivity index (χ4v) is 3.82. The molecule has 4 rings (SSSR count). The third-order valence-electron chi connectivity index (χ3n) is 4.84. The van der Waals surface area contributed by atoms with E-state index in [1.165, 1.54) is 0 Å². The van der Waals surface area contributed by atoms with Crippen LogP contribution in [0.1, 0.15) is 37.3 Å². The Morgan fingerprint density at radius 1 is 1.40 bits per heavy atom. The number of carbonyl (C=O) groups excluding carboxylic acids is 1. The van der Waals surface area contributed by atoms with Gasteiger partial charge in [-0.15, -0.1) is 0 Å². The molecule has 0 bridgehead atoms. The maximum absolute atomic E-state index is 12.9. The molecule has 0 aliphatic carbocycles. The monoisotopic (exact) mass is 276 g/mol. The van der Waals surface area contributed by atoms with Crippen LogP contribution in [0.15, 0.2) is 12.4 Å². The first-order valence-corrected chi connectivity index (χ1v) is 7.39. The van der Waals surface area contributed by atoms with Gasteiger partial charge in [0.05, 0.1) is 12.2 Å². The normalized spacial score (nSPS) is 32.0. The van der Waals surface area contributed by atoms with Crippen molar-refractivity contribution in [3.8, 4) is 0 Å². The van der Waals surface area contributed by atoms with Crippen molar-refractivity contribution in [1.29, 1.82) is 0 Å². The summed E-state index contributed by atoms with van der Waals surface area (Å²) in [7, 11) is 1.91. The van der Waals surface area contributed by atoms with Gasteiger partial charge >= 0.3 is 0 Å². The Morgan fingerprint density at radius 3 is 2.90 bits per heavy atom. The Morgan fingerprint density at radius 2 is 2.20 bits per heavy atom. The van der Waals surface area contributed by atoms with Gasteiger partial charge in [-0.25, -0.2) is 0 Å². The molecule has 3 aliphatic heterocycles. The Bertz CT molecular complexity index is 535. The number of ether oxygens (including phenoxy) is 1. The van der Waals surface area contributed by atoms with Crippen LogP contribution in [0.4, 0.5) is 0 Å². The summed E-state index contributed by atoms with van der Waals surface area (Å²) in [6, 6.07) is 0.135. The minimum absolute atomic E-state index is 0.0363. The molecule has 3 fully saturated rings. The van der Waals surface area contributed by atoms with Crippen LogP contribution in [-0.2, 0) is 16.6 Å². The molecule has 3 aliphatic rings. The number of carbonyl (C=O) groups is 1. The number of piperidine rings is 1. The van der Waals surface area contributed by atoms with Gasteiger partial charge in [-0.3, -0.25) is 9.48 Å². The van der Waals surface area contributed by atoms with Crippen molar-refractivity contribution >= 4 is 5.91 Å². The Hall–Kier alpha value is -1.40. The second-order valence-corrected chi connectivity index (χ2v) is 6.07. The quantitative estimate of drug-likeness (QED) is 0.814. The van der Waals surface area contributed by atoms with E-state index in [1.54, 1.807) is 4.68 Å². The predicted octanol–water partition coefficient (Wildman–Crippen LogP) is 0.562. The summed E-state index contributed by atoms with van der Waals surface area (Å²) < 4.78 is 7.99. The van der Waals surface area contributed by atoms with Gasteiger partial charge in [-0.1, -0.05) is 0 Å². The number of fused-ring (bicyclic) bond motifs is 1. The molecule has 2 atom stereocenters. The second kappa shape index (κ2) is 4.30. The third-order valence-corrected chi connectivity index (χ3v) is 4.84. The van der Waals surface area contributed by atoms with E-state index in [1.807, 2.05) is 24.3 Å². The number of amides is 1. The molecule has 1 spiro atoms. The molecule has 6 nitrogen and oxygen atoms in total. The number of rotatable bonds is 1. The average Bonchev–Trinajstić information content (AvgIpc) is 3.10. The van der Waals surface area contributed by atoms with Crippen molar-refractivity contribution in [2.75, 3.05) is 13.1 Å². The molecular weight excluding hydrogens is 256 g/mol. The first-order chi connectivity index (χ1) is 9.70. The molecule has 0 radical (unpaired) electrons. The van der Waals surface area contributed by atoms with Crippen LogP contribution >= 0.6 is 0 Å². The lowest BCUT2D eigenvalue weighted by Crippen LogP contribution is -2.49. The zero-order chi connectivity index (χ0) is 13.7. The third kappa shape index (κ3) is 1.64. The Labute approximate surface area is 118 Å². The van der Waals surface area contributed by atoms with Gasteiger partial charge in [-0.05, 0) is 38.8 Å². The zero-order valence-electron chi connectivity index (χ0n) is 11.7. The van der Waals surface area contributed by atoms with Crippen molar-refractivity contribution in [3.05, 3.63) is 18.0 Å². The maximum atomic E-state index is 12.9. The smallest absolute Gasteiger partial charge is 0.257 e. The van der Waals surface area contributed by atoms with Crippen molar-refractivity contribution in [3.63, 3.8) is 0 Å². The van der Waals surface area contributed by atoms with Gasteiger partial charge < -0.3 is 15.0 Å². The molecule has 20 heavy (non-hydrogen) atoms. The van der Waals surface area contributed by atoms with Gasteiger partial charge in [0.15, 0.2) is 5.60 Å². The number of nitrogens with one attached hydrogen (secondary N) is 1. The molecule has 6 heteroatoms. The molecule has 1 N–H and O–H groups in total. The highest BCUT2D eigenvalue weighted by molar-refractivity contribution is 5.88. The van der Waals surface area contributed by atoms with Crippen molar-refractivity contribution < 1.29 is 9.53 Å². The maximum Gasteiger partial charge on any atom is 0.257 e. The van der Waals surface area contributed by atoms with E-state index in [0.717, 1.165) is 44.3 Å². The van der Waals surface area contributed by atoms with Gasteiger partial charge in [-0.2, -0.15) is 5.10 Å². The summed E-state index contributed by atoms with van der Waals surface area (Å²) in [5, 5.41) is 7.54. The van der Waals surface area contributed by atoms with Gasteiger partial charge in [0.2, 0.25) is 0 Å². The average molecular weight is 276 g/mol. The van der Waals surface area contributed by atoms with Crippen LogP contribution in [0.5, 0.6) is 0 Å². The summed E-state index contributed by atoms with van der Waals surface area (Å²) >= 11 is 0. The highest BCUT2D eigenvalue weighted by Gasteiger charge is 2.57. The fraction of sp³-hybridized carbons (Fsp3) is 0.714. The van der Waals surface area contributed by atoms with Crippen LogP contribution in [-0.4, -0.2) is 45.5 Å². The van der Waals surface area contributed by atoms with Gasteiger partial charge in [0.1, 0.15) is 6.23 Å². The molecular formula is C14H20N4O2. The number of hydrogen-bond donors (Lipinski definition) is 1. The Balaban J connectivity index is 1.63. The van der Waals surface area contributed by atoms with Crippen LogP contribution < -0.4 is 5.32 Å². The van der Waals surface area contributed by atoms with E-state index >= 15 is 0 Å². The lowest BCUT2D eigenvalue weighted by Gasteiger charge is -2.31.